The molecule has 4 saturated carbocycles. The Labute approximate surface area is 478 Å². The number of benzene rings is 1. The third kappa shape index (κ3) is 13.9. The molecule has 366 valence electrons. The molecular formula is C40H54K2N5O19S2+. The summed E-state index contributed by atoms with van der Waals surface area (Å²) in [6, 6.07) is 3.66. The van der Waals surface area contributed by atoms with Gasteiger partial charge in [-0.2, -0.15) is 16.8 Å². The van der Waals surface area contributed by atoms with Crippen molar-refractivity contribution in [2.45, 2.75) is 128 Å². The number of azide groups is 1. The van der Waals surface area contributed by atoms with Gasteiger partial charge in [0.1, 0.15) is 24.5 Å². The number of ether oxygens (including phenoxy) is 4. The summed E-state index contributed by atoms with van der Waals surface area (Å²) in [5.41, 5.74) is 7.64. The zero-order chi connectivity index (χ0) is 48.5. The molecule has 0 radical (unpaired) electrons. The Hall–Kier alpha value is -1.23. The van der Waals surface area contributed by atoms with Crippen molar-refractivity contribution in [1.29, 1.82) is 0 Å². The maximum atomic E-state index is 13.3. The van der Waals surface area contributed by atoms with E-state index in [9.17, 15) is 60.7 Å². The number of rotatable bonds is 19. The number of aliphatic hydroxyl groups excluding tert-OH is 1. The molecule has 13 atom stereocenters. The topological polar surface area (TPSA) is 363 Å². The van der Waals surface area contributed by atoms with Crippen LogP contribution in [0.3, 0.4) is 0 Å². The van der Waals surface area contributed by atoms with E-state index >= 15 is 0 Å². The Morgan fingerprint density at radius 3 is 2.35 bits per heavy atom. The SMILES string of the molecule is C=C1[C@H]2CC[C@@H]3[C@@]4(C)C[C@H](O[C@@H]5O[C@H](COC(=O)CCCNc6ccc(N=[N+]=[N-])cc6[N+](=O)[O-])[C@@H](OS(=O)(=O)O)[C@H](OS(=O)(=O)O)[C@H]5OC(=O)CC(C)C)C[C@@H](C(=O)[O-])[C@@H]4CC[C@@]3(C2)[C@H]1O.[K+].[K+]. The summed E-state index contributed by atoms with van der Waals surface area (Å²) < 4.78 is 102. The molecule has 1 heterocycles. The quantitative estimate of drug-likeness (QED) is 0.00962. The third-order valence-corrected chi connectivity index (χ3v) is 14.9. The number of carbonyl (C=O) groups excluding carboxylic acids is 3. The zero-order valence-corrected chi connectivity index (χ0v) is 46.2. The van der Waals surface area contributed by atoms with E-state index in [1.54, 1.807) is 13.8 Å². The first-order valence-corrected chi connectivity index (χ1v) is 24.2. The summed E-state index contributed by atoms with van der Waals surface area (Å²) in [6.07, 6.45) is -10.2. The number of nitro groups is 1. The van der Waals surface area contributed by atoms with Crippen LogP contribution in [0.2, 0.25) is 0 Å². The molecule has 0 amide bonds. The van der Waals surface area contributed by atoms with Crippen molar-refractivity contribution in [3.63, 3.8) is 0 Å². The predicted molar refractivity (Wildman–Crippen MR) is 223 cm³/mol. The van der Waals surface area contributed by atoms with Gasteiger partial charge in [-0.15, -0.1) is 0 Å². The number of carboxylic acid groups (broad SMARTS) is 1. The minimum atomic E-state index is -5.60. The number of nitrogens with one attached hydrogen (secondary N) is 1. The van der Waals surface area contributed by atoms with Crippen molar-refractivity contribution in [1.82, 2.24) is 0 Å². The molecule has 1 aromatic carbocycles. The fourth-order valence-corrected chi connectivity index (χ4v) is 12.4. The van der Waals surface area contributed by atoms with Crippen LogP contribution in [0.25, 0.3) is 10.4 Å². The molecule has 4 aliphatic carbocycles. The molecule has 1 aromatic rings. The van der Waals surface area contributed by atoms with Gasteiger partial charge in [-0.3, -0.25) is 28.8 Å². The van der Waals surface area contributed by atoms with Crippen LogP contribution >= 0.6 is 0 Å². The number of carbonyl (C=O) groups is 3. The van der Waals surface area contributed by atoms with E-state index in [1.807, 2.05) is 6.92 Å². The zero-order valence-electron chi connectivity index (χ0n) is 38.3. The molecule has 68 heavy (non-hydrogen) atoms. The fraction of sp³-hybridized carbons (Fsp3) is 0.725. The van der Waals surface area contributed by atoms with Crippen LogP contribution in [0.4, 0.5) is 17.1 Å². The molecule has 1 saturated heterocycles. The van der Waals surface area contributed by atoms with Gasteiger partial charge in [-0.25, -0.2) is 8.37 Å². The monoisotopic (exact) mass is 1050 g/mol. The Balaban J connectivity index is 0.00000504. The number of aliphatic hydroxyl groups is 1. The molecule has 24 nitrogen and oxygen atoms in total. The van der Waals surface area contributed by atoms with Crippen LogP contribution in [0.15, 0.2) is 35.5 Å². The second kappa shape index (κ2) is 24.2. The van der Waals surface area contributed by atoms with Gasteiger partial charge in [-0.1, -0.05) is 38.5 Å². The number of nitrogens with zero attached hydrogens (tertiary/aromatic N) is 4. The normalized spacial score (nSPS) is 33.0. The van der Waals surface area contributed by atoms with Gasteiger partial charge in [0.25, 0.3) is 5.69 Å². The molecule has 6 rings (SSSR count). The average molecular weight is 1050 g/mol. The molecule has 1 aliphatic heterocycles. The van der Waals surface area contributed by atoms with Crippen LogP contribution in [0, 0.1) is 50.5 Å². The third-order valence-electron chi connectivity index (χ3n) is 13.9. The molecule has 5 fully saturated rings. The van der Waals surface area contributed by atoms with E-state index in [1.165, 1.54) is 12.1 Å². The summed E-state index contributed by atoms with van der Waals surface area (Å²) in [6.45, 7) is 8.42. The summed E-state index contributed by atoms with van der Waals surface area (Å²) in [7, 11) is -11.2. The number of fused-ring (bicyclic) bond motifs is 3. The number of hydrogen-bond donors (Lipinski definition) is 4. The number of aliphatic carboxylic acids is 1. The van der Waals surface area contributed by atoms with Crippen molar-refractivity contribution >= 4 is 55.8 Å². The molecule has 4 N–H and O–H groups in total. The van der Waals surface area contributed by atoms with E-state index < -0.39 is 122 Å². The van der Waals surface area contributed by atoms with Gasteiger partial charge >= 0.3 is 136 Å². The van der Waals surface area contributed by atoms with Gasteiger partial charge in [0.05, 0.1) is 17.1 Å². The first-order valence-electron chi connectivity index (χ1n) is 21.5. The second-order valence-electron chi connectivity index (χ2n) is 18.4. The van der Waals surface area contributed by atoms with Gasteiger partial charge in [0, 0.05) is 53.4 Å². The minimum Gasteiger partial charge on any atom is -0.550 e. The van der Waals surface area contributed by atoms with E-state index in [4.69, 9.17) is 32.8 Å². The average Bonchev–Trinajstić information content (AvgIpc) is 3.38. The molecule has 28 heteroatoms. The number of esters is 2. The smallest absolute Gasteiger partial charge is 0.550 e. The molecule has 0 unspecified atom stereocenters. The van der Waals surface area contributed by atoms with E-state index in [0.29, 0.717) is 25.7 Å². The van der Waals surface area contributed by atoms with Crippen molar-refractivity contribution in [3.8, 4) is 0 Å². The van der Waals surface area contributed by atoms with E-state index in [-0.39, 0.29) is 171 Å². The van der Waals surface area contributed by atoms with Gasteiger partial charge in [-0.05, 0) is 97.6 Å². The predicted octanol–water partition coefficient (Wildman–Crippen LogP) is -2.37. The Morgan fingerprint density at radius 1 is 1.06 bits per heavy atom. The van der Waals surface area contributed by atoms with Crippen LogP contribution in [0.1, 0.15) is 85.0 Å². The molecule has 2 bridgehead atoms. The molecule has 1 spiro atoms. The standard InChI is InChI=1S/C40H55N5O19S2.2K/c1-20(2)14-32(47)62-35-34(64-66(56,57)58)33(63-65(53,54)55)29(19-59-31(46)6-5-13-42-27-9-8-23(43-44-41)15-28(27)45(51)52)61-38(35)60-24-16-25(37(49)50)26-11-12-40-17-22(21(3)36(40)48)7-10-30(40)39(26,4)18-24;;/h8-9,15,20,22,24-26,29-30,33-36,38,42,48H,3,5-7,10-14,16-19H2,1-2,4H3,(H,49,50)(H,53,54,55)(H,56,57,58);;/q;2*+1/p-1/t22-,24+,25+,26-,29+,30+,33+,34-,35+,36-,38+,39-,40-;;/m0../s1. The van der Waals surface area contributed by atoms with Gasteiger partial charge in [0.2, 0.25) is 0 Å². The number of carboxylic acids is 1. The maximum absolute atomic E-state index is 13.3. The first-order chi connectivity index (χ1) is 30.9. The largest absolute Gasteiger partial charge is 1.00 e. The number of hydrogen-bond acceptors (Lipinski definition) is 19. The maximum Gasteiger partial charge on any atom is 1.00 e. The number of anilines is 1. The summed E-state index contributed by atoms with van der Waals surface area (Å²) >= 11 is 0. The van der Waals surface area contributed by atoms with E-state index in [0.717, 1.165) is 18.1 Å². The summed E-state index contributed by atoms with van der Waals surface area (Å²) in [4.78, 5) is 52.7. The minimum absolute atomic E-state index is 0. The Bertz CT molecular complexity index is 2340. The molecular weight excluding hydrogens is 997 g/mol. The van der Waals surface area contributed by atoms with Crippen LogP contribution < -0.4 is 113 Å². The van der Waals surface area contributed by atoms with Crippen molar-refractivity contribution in [3.05, 3.63) is 50.9 Å². The molecule has 5 aliphatic rings. The van der Waals surface area contributed by atoms with Crippen molar-refractivity contribution < 1.29 is 186 Å². The van der Waals surface area contributed by atoms with Crippen LogP contribution in [-0.4, -0.2) is 110 Å². The Morgan fingerprint density at radius 2 is 1.74 bits per heavy atom. The van der Waals surface area contributed by atoms with Gasteiger partial charge in [0.15, 0.2) is 18.5 Å². The van der Waals surface area contributed by atoms with E-state index in [2.05, 4.69) is 21.9 Å². The van der Waals surface area contributed by atoms with Crippen LogP contribution in [0.5, 0.6) is 0 Å². The fourth-order valence-electron chi connectivity index (χ4n) is 11.4. The summed E-state index contributed by atoms with van der Waals surface area (Å²) in [5, 5.41) is 42.2. The summed E-state index contributed by atoms with van der Waals surface area (Å²) in [5.74, 6) is -5.25. The second-order valence-corrected chi connectivity index (χ2v) is 20.5. The van der Waals surface area contributed by atoms with Gasteiger partial charge < -0.3 is 39.3 Å². The number of nitro benzene ring substituents is 1. The van der Waals surface area contributed by atoms with Crippen molar-refractivity contribution in [2.75, 3.05) is 18.5 Å². The Kier molecular flexibility index (Phi) is 21.1. The van der Waals surface area contributed by atoms with Crippen LogP contribution in [-0.2, 0) is 62.5 Å². The molecule has 0 aromatic heterocycles. The van der Waals surface area contributed by atoms with Crippen molar-refractivity contribution in [2.24, 2.45) is 45.5 Å². The first kappa shape index (κ1) is 59.3.